The second-order valence-electron chi connectivity index (χ2n) is 3.51. The standard InChI is InChI=1S/C11H15FO4S/c1-17(13,14)16-9-8-15-7-6-10-2-4-11(12)5-3-10/h2-5H,6-9H2,1H3. The van der Waals surface area contributed by atoms with E-state index in [0.29, 0.717) is 13.0 Å². The third-order valence-corrected chi connectivity index (χ3v) is 2.57. The molecule has 0 spiro atoms. The van der Waals surface area contributed by atoms with Gasteiger partial charge in [0.25, 0.3) is 10.1 Å². The zero-order chi connectivity index (χ0) is 12.7. The molecule has 0 bridgehead atoms. The summed E-state index contributed by atoms with van der Waals surface area (Å²) in [5.74, 6) is -0.267. The molecule has 0 aliphatic rings. The molecule has 1 aromatic rings. The van der Waals surface area contributed by atoms with E-state index in [2.05, 4.69) is 4.18 Å². The molecule has 0 fully saturated rings. The summed E-state index contributed by atoms with van der Waals surface area (Å²) in [7, 11) is -3.39. The predicted molar refractivity (Wildman–Crippen MR) is 61.7 cm³/mol. The minimum Gasteiger partial charge on any atom is -0.379 e. The molecule has 0 radical (unpaired) electrons. The maximum atomic E-state index is 12.6. The Morgan fingerprint density at radius 1 is 1.12 bits per heavy atom. The molecule has 6 heteroatoms. The van der Waals surface area contributed by atoms with Crippen LogP contribution >= 0.6 is 0 Å². The summed E-state index contributed by atoms with van der Waals surface area (Å²) in [6.07, 6.45) is 1.64. The van der Waals surface area contributed by atoms with Crippen LogP contribution in [-0.4, -0.2) is 34.5 Å². The lowest BCUT2D eigenvalue weighted by atomic mass is 10.2. The van der Waals surface area contributed by atoms with E-state index < -0.39 is 10.1 Å². The molecule has 0 saturated heterocycles. The van der Waals surface area contributed by atoms with Gasteiger partial charge in [0.15, 0.2) is 0 Å². The van der Waals surface area contributed by atoms with Crippen LogP contribution in [0.25, 0.3) is 0 Å². The second kappa shape index (κ2) is 6.68. The van der Waals surface area contributed by atoms with Gasteiger partial charge in [-0.3, -0.25) is 4.18 Å². The van der Waals surface area contributed by atoms with Crippen molar-refractivity contribution < 1.29 is 21.7 Å². The fourth-order valence-corrected chi connectivity index (χ4v) is 1.56. The van der Waals surface area contributed by atoms with Crippen LogP contribution in [0.2, 0.25) is 0 Å². The number of rotatable bonds is 7. The summed E-state index contributed by atoms with van der Waals surface area (Å²) in [6.45, 7) is 0.676. The summed E-state index contributed by atoms with van der Waals surface area (Å²) in [5, 5.41) is 0. The van der Waals surface area contributed by atoms with E-state index in [9.17, 15) is 12.8 Å². The Hall–Kier alpha value is -0.980. The van der Waals surface area contributed by atoms with E-state index >= 15 is 0 Å². The average Bonchev–Trinajstić information content (AvgIpc) is 2.24. The highest BCUT2D eigenvalue weighted by atomic mass is 32.2. The molecule has 1 aromatic carbocycles. The monoisotopic (exact) mass is 262 g/mol. The lowest BCUT2D eigenvalue weighted by molar-refractivity contribution is 0.105. The third kappa shape index (κ3) is 7.04. The molecule has 96 valence electrons. The van der Waals surface area contributed by atoms with Crippen LogP contribution in [0.1, 0.15) is 5.56 Å². The van der Waals surface area contributed by atoms with Crippen LogP contribution in [-0.2, 0) is 25.5 Å². The predicted octanol–water partition coefficient (Wildman–Crippen LogP) is 1.36. The summed E-state index contributed by atoms with van der Waals surface area (Å²) in [5.41, 5.74) is 0.968. The fraction of sp³-hybridized carbons (Fsp3) is 0.455. The van der Waals surface area contributed by atoms with Crippen molar-refractivity contribution in [1.82, 2.24) is 0 Å². The Labute approximate surface area is 100 Å². The number of hydrogen-bond acceptors (Lipinski definition) is 4. The molecule has 0 aliphatic carbocycles. The summed E-state index contributed by atoms with van der Waals surface area (Å²) >= 11 is 0. The van der Waals surface area contributed by atoms with Crippen LogP contribution in [0.4, 0.5) is 4.39 Å². The van der Waals surface area contributed by atoms with Crippen LogP contribution in [0.15, 0.2) is 24.3 Å². The summed E-state index contributed by atoms with van der Waals surface area (Å²) < 4.78 is 43.5. The van der Waals surface area contributed by atoms with Crippen molar-refractivity contribution >= 4 is 10.1 Å². The Bertz CT molecular complexity index is 427. The maximum Gasteiger partial charge on any atom is 0.264 e. The van der Waals surface area contributed by atoms with Gasteiger partial charge >= 0.3 is 0 Å². The molecule has 4 nitrogen and oxygen atoms in total. The molecule has 0 N–H and O–H groups in total. The first-order valence-corrected chi connectivity index (χ1v) is 6.95. The van der Waals surface area contributed by atoms with Gasteiger partial charge in [0, 0.05) is 0 Å². The Balaban J connectivity index is 2.10. The number of hydrogen-bond donors (Lipinski definition) is 0. The van der Waals surface area contributed by atoms with E-state index in [4.69, 9.17) is 4.74 Å². The van der Waals surface area contributed by atoms with Gasteiger partial charge in [-0.15, -0.1) is 0 Å². The zero-order valence-corrected chi connectivity index (χ0v) is 10.4. The van der Waals surface area contributed by atoms with E-state index in [0.717, 1.165) is 11.8 Å². The molecule has 1 rings (SSSR count). The SMILES string of the molecule is CS(=O)(=O)OCCOCCc1ccc(F)cc1. The molecular formula is C11H15FO4S. The Kier molecular flexibility index (Phi) is 5.54. The van der Waals surface area contributed by atoms with Gasteiger partial charge in [-0.1, -0.05) is 12.1 Å². The largest absolute Gasteiger partial charge is 0.379 e. The molecule has 0 saturated carbocycles. The third-order valence-electron chi connectivity index (χ3n) is 1.97. The van der Waals surface area contributed by atoms with Crippen LogP contribution in [0.5, 0.6) is 0 Å². The minimum atomic E-state index is -3.39. The van der Waals surface area contributed by atoms with Crippen molar-refractivity contribution in [2.24, 2.45) is 0 Å². The van der Waals surface area contributed by atoms with Gasteiger partial charge < -0.3 is 4.74 Å². The van der Waals surface area contributed by atoms with Gasteiger partial charge in [-0.2, -0.15) is 8.42 Å². The number of benzene rings is 1. The summed E-state index contributed by atoms with van der Waals surface area (Å²) in [4.78, 5) is 0. The molecular weight excluding hydrogens is 247 g/mol. The molecule has 17 heavy (non-hydrogen) atoms. The fourth-order valence-electron chi connectivity index (χ4n) is 1.19. The lowest BCUT2D eigenvalue weighted by Gasteiger charge is -2.04. The van der Waals surface area contributed by atoms with Gasteiger partial charge in [0.2, 0.25) is 0 Å². The second-order valence-corrected chi connectivity index (χ2v) is 5.16. The van der Waals surface area contributed by atoms with Gasteiger partial charge in [0.05, 0.1) is 26.1 Å². The van der Waals surface area contributed by atoms with E-state index in [1.807, 2.05) is 0 Å². The van der Waals surface area contributed by atoms with Crippen molar-refractivity contribution in [3.8, 4) is 0 Å². The Morgan fingerprint density at radius 3 is 2.35 bits per heavy atom. The van der Waals surface area contributed by atoms with E-state index in [1.54, 1.807) is 12.1 Å². The minimum absolute atomic E-state index is 0.0161. The molecule has 0 amide bonds. The molecule has 0 aliphatic heterocycles. The van der Waals surface area contributed by atoms with Gasteiger partial charge in [-0.25, -0.2) is 4.39 Å². The highest BCUT2D eigenvalue weighted by Crippen LogP contribution is 2.03. The van der Waals surface area contributed by atoms with Crippen molar-refractivity contribution in [3.63, 3.8) is 0 Å². The van der Waals surface area contributed by atoms with Crippen LogP contribution in [0, 0.1) is 5.82 Å². The highest BCUT2D eigenvalue weighted by molar-refractivity contribution is 7.85. The molecule has 0 heterocycles. The first-order chi connectivity index (χ1) is 7.97. The normalized spacial score (nSPS) is 11.6. The zero-order valence-electron chi connectivity index (χ0n) is 9.56. The lowest BCUT2D eigenvalue weighted by Crippen LogP contribution is -2.10. The first kappa shape index (κ1) is 14.1. The van der Waals surface area contributed by atoms with Crippen molar-refractivity contribution in [1.29, 1.82) is 0 Å². The number of ether oxygens (including phenoxy) is 1. The van der Waals surface area contributed by atoms with Crippen LogP contribution < -0.4 is 0 Å². The molecule has 0 aromatic heterocycles. The van der Waals surface area contributed by atoms with Crippen molar-refractivity contribution in [2.45, 2.75) is 6.42 Å². The Morgan fingerprint density at radius 2 is 1.76 bits per heavy atom. The van der Waals surface area contributed by atoms with E-state index in [1.165, 1.54) is 12.1 Å². The van der Waals surface area contributed by atoms with Crippen molar-refractivity contribution in [2.75, 3.05) is 26.1 Å². The smallest absolute Gasteiger partial charge is 0.264 e. The van der Waals surface area contributed by atoms with E-state index in [-0.39, 0.29) is 19.0 Å². The number of halogens is 1. The maximum absolute atomic E-state index is 12.6. The summed E-state index contributed by atoms with van der Waals surface area (Å²) in [6, 6.07) is 6.15. The van der Waals surface area contributed by atoms with Gasteiger partial charge in [-0.05, 0) is 24.1 Å². The quantitative estimate of drug-likeness (QED) is 0.550. The molecule has 0 atom stereocenters. The average molecular weight is 262 g/mol. The van der Waals surface area contributed by atoms with Gasteiger partial charge in [0.1, 0.15) is 5.82 Å². The highest BCUT2D eigenvalue weighted by Gasteiger charge is 2.00. The topological polar surface area (TPSA) is 52.6 Å². The molecule has 0 unspecified atom stereocenters. The van der Waals surface area contributed by atoms with Crippen molar-refractivity contribution in [3.05, 3.63) is 35.6 Å². The van der Waals surface area contributed by atoms with Crippen LogP contribution in [0.3, 0.4) is 0 Å². The first-order valence-electron chi connectivity index (χ1n) is 5.14.